The Morgan fingerprint density at radius 2 is 2.04 bits per heavy atom. The van der Waals surface area contributed by atoms with Gasteiger partial charge in [-0.3, -0.25) is 4.98 Å². The summed E-state index contributed by atoms with van der Waals surface area (Å²) in [6, 6.07) is 5.94. The number of aromatic nitrogens is 4. The first-order chi connectivity index (χ1) is 12.4. The van der Waals surface area contributed by atoms with Gasteiger partial charge in [-0.1, -0.05) is 13.0 Å². The lowest BCUT2D eigenvalue weighted by Gasteiger charge is -2.34. The number of nitrogens with two attached hydrogens (primary N) is 1. The fraction of sp³-hybridized carbons (Fsp3) is 0.650. The molecule has 1 saturated carbocycles. The third kappa shape index (κ3) is 5.06. The first-order valence-corrected chi connectivity index (χ1v) is 9.66. The zero-order chi connectivity index (χ0) is 18.7. The number of hydrogen-bond acceptors (Lipinski definition) is 5. The van der Waals surface area contributed by atoms with E-state index in [1.807, 2.05) is 18.2 Å². The van der Waals surface area contributed by atoms with Crippen molar-refractivity contribution in [2.75, 3.05) is 6.61 Å². The van der Waals surface area contributed by atoms with Gasteiger partial charge in [0.05, 0.1) is 11.6 Å². The van der Waals surface area contributed by atoms with Gasteiger partial charge in [-0.25, -0.2) is 9.67 Å². The van der Waals surface area contributed by atoms with E-state index >= 15 is 0 Å². The van der Waals surface area contributed by atoms with Crippen LogP contribution in [0.4, 0.5) is 0 Å². The monoisotopic (exact) mass is 393 g/mol. The number of nitrogens with zero attached hydrogens (tertiary/aromatic N) is 4. The average Bonchev–Trinajstić information content (AvgIpc) is 3.08. The third-order valence-corrected chi connectivity index (χ3v) is 4.91. The topological polar surface area (TPSA) is 78.9 Å². The van der Waals surface area contributed by atoms with E-state index < -0.39 is 0 Å². The normalized spacial score (nSPS) is 23.1. The predicted molar refractivity (Wildman–Crippen MR) is 110 cm³/mol. The van der Waals surface area contributed by atoms with Gasteiger partial charge < -0.3 is 10.5 Å². The maximum absolute atomic E-state index is 6.30. The van der Waals surface area contributed by atoms with Gasteiger partial charge in [-0.15, -0.1) is 17.5 Å². The van der Waals surface area contributed by atoms with Crippen molar-refractivity contribution in [1.82, 2.24) is 19.7 Å². The zero-order valence-corrected chi connectivity index (χ0v) is 17.6. The van der Waals surface area contributed by atoms with Crippen molar-refractivity contribution in [1.29, 1.82) is 0 Å². The summed E-state index contributed by atoms with van der Waals surface area (Å²) < 4.78 is 8.08. The van der Waals surface area contributed by atoms with E-state index in [9.17, 15) is 0 Å². The highest BCUT2D eigenvalue weighted by molar-refractivity contribution is 5.85. The molecule has 150 valence electrons. The van der Waals surface area contributed by atoms with Gasteiger partial charge in [0.15, 0.2) is 5.82 Å². The maximum Gasteiger partial charge on any atom is 0.200 e. The van der Waals surface area contributed by atoms with E-state index in [1.165, 1.54) is 0 Å². The maximum atomic E-state index is 6.30. The fourth-order valence-corrected chi connectivity index (χ4v) is 3.53. The summed E-state index contributed by atoms with van der Waals surface area (Å²) >= 11 is 0. The molecule has 7 heteroatoms. The molecule has 2 aromatic rings. The molecule has 6 nitrogen and oxygen atoms in total. The molecule has 0 spiro atoms. The first kappa shape index (κ1) is 21.8. The van der Waals surface area contributed by atoms with E-state index in [-0.39, 0.29) is 30.1 Å². The van der Waals surface area contributed by atoms with Crippen LogP contribution in [-0.2, 0) is 10.3 Å². The fourth-order valence-electron chi connectivity index (χ4n) is 3.53. The van der Waals surface area contributed by atoms with Crippen LogP contribution in [0.1, 0.15) is 65.1 Å². The molecule has 3 rings (SSSR count). The molecule has 0 unspecified atom stereocenters. The van der Waals surface area contributed by atoms with Crippen molar-refractivity contribution in [3.63, 3.8) is 0 Å². The van der Waals surface area contributed by atoms with Gasteiger partial charge in [-0.05, 0) is 58.6 Å². The Labute approximate surface area is 168 Å². The van der Waals surface area contributed by atoms with E-state index in [4.69, 9.17) is 20.6 Å². The van der Waals surface area contributed by atoms with Crippen LogP contribution >= 0.6 is 12.4 Å². The molecule has 2 heterocycles. The molecule has 0 radical (unpaired) electrons. The molecule has 0 amide bonds. The molecule has 1 fully saturated rings. The predicted octanol–water partition coefficient (Wildman–Crippen LogP) is 3.91. The van der Waals surface area contributed by atoms with Crippen molar-refractivity contribution in [2.45, 2.75) is 77.0 Å². The average molecular weight is 394 g/mol. The third-order valence-electron chi connectivity index (χ3n) is 4.91. The molecule has 1 aliphatic carbocycles. The number of hydrogen-bond donors (Lipinski definition) is 1. The number of halogens is 1. The van der Waals surface area contributed by atoms with Crippen LogP contribution in [0.5, 0.6) is 0 Å². The van der Waals surface area contributed by atoms with Crippen LogP contribution in [0.15, 0.2) is 24.4 Å². The molecule has 0 bridgehead atoms. The highest BCUT2D eigenvalue weighted by Gasteiger charge is 2.34. The minimum Gasteiger partial charge on any atom is -0.377 e. The highest BCUT2D eigenvalue weighted by atomic mass is 35.5. The Kier molecular flexibility index (Phi) is 7.37. The quantitative estimate of drug-likeness (QED) is 0.833. The molecule has 2 N–H and O–H groups in total. The largest absolute Gasteiger partial charge is 0.377 e. The molecular formula is C20H32ClN5O. The Balaban J connectivity index is 0.00000261. The van der Waals surface area contributed by atoms with Gasteiger partial charge >= 0.3 is 0 Å². The Morgan fingerprint density at radius 3 is 2.67 bits per heavy atom. The van der Waals surface area contributed by atoms with E-state index in [0.717, 1.165) is 43.8 Å². The van der Waals surface area contributed by atoms with Crippen LogP contribution in [-0.4, -0.2) is 38.5 Å². The second-order valence-corrected chi connectivity index (χ2v) is 8.17. The van der Waals surface area contributed by atoms with Gasteiger partial charge in [-0.2, -0.15) is 0 Å². The van der Waals surface area contributed by atoms with Crippen LogP contribution in [0.2, 0.25) is 0 Å². The van der Waals surface area contributed by atoms with E-state index in [1.54, 1.807) is 6.20 Å². The smallest absolute Gasteiger partial charge is 0.200 e. The summed E-state index contributed by atoms with van der Waals surface area (Å²) in [6.45, 7) is 9.37. The van der Waals surface area contributed by atoms with Crippen molar-refractivity contribution < 1.29 is 4.74 Å². The lowest BCUT2D eigenvalue weighted by Crippen LogP contribution is -2.42. The Hall–Kier alpha value is -1.50. The second kappa shape index (κ2) is 9.13. The number of ether oxygens (including phenoxy) is 1. The standard InChI is InChI=1S/C20H31N5O.ClH/c1-5-12-26-17-13-14(9-10-15(17)21)19-23-18(16-8-6-7-11-22-16)24-25(19)20(2,3)4;/h6-8,11,14-15,17H,5,9-10,12-13,21H2,1-4H3;1H/t14-,15+,17+;/m0./s1. The van der Waals surface area contributed by atoms with Crippen LogP contribution in [0.3, 0.4) is 0 Å². The Bertz CT molecular complexity index is 713. The summed E-state index contributed by atoms with van der Waals surface area (Å²) in [7, 11) is 0. The molecule has 2 aromatic heterocycles. The summed E-state index contributed by atoms with van der Waals surface area (Å²) in [5, 5.41) is 4.80. The van der Waals surface area contributed by atoms with Gasteiger partial charge in [0.25, 0.3) is 0 Å². The summed E-state index contributed by atoms with van der Waals surface area (Å²) in [6.07, 6.45) is 5.75. The SMILES string of the molecule is CCCO[C@@H]1C[C@@H](c2nc(-c3ccccn3)nn2C(C)(C)C)CC[C@H]1N.Cl. The minimum absolute atomic E-state index is 0. The van der Waals surface area contributed by atoms with Gasteiger partial charge in [0.1, 0.15) is 11.5 Å². The molecule has 1 aliphatic rings. The Morgan fingerprint density at radius 1 is 1.26 bits per heavy atom. The zero-order valence-electron chi connectivity index (χ0n) is 16.8. The van der Waals surface area contributed by atoms with Crippen molar-refractivity contribution in [3.05, 3.63) is 30.2 Å². The summed E-state index contributed by atoms with van der Waals surface area (Å²) in [5.74, 6) is 2.02. The number of pyridine rings is 1. The van der Waals surface area contributed by atoms with Crippen LogP contribution < -0.4 is 5.73 Å². The first-order valence-electron chi connectivity index (χ1n) is 9.66. The summed E-state index contributed by atoms with van der Waals surface area (Å²) in [5.41, 5.74) is 6.97. The van der Waals surface area contributed by atoms with Crippen LogP contribution in [0.25, 0.3) is 11.5 Å². The van der Waals surface area contributed by atoms with Crippen molar-refractivity contribution in [3.8, 4) is 11.5 Å². The lowest BCUT2D eigenvalue weighted by atomic mass is 9.83. The van der Waals surface area contributed by atoms with Crippen molar-refractivity contribution in [2.24, 2.45) is 5.73 Å². The number of rotatable bonds is 5. The lowest BCUT2D eigenvalue weighted by molar-refractivity contribution is 0.00822. The molecular weight excluding hydrogens is 362 g/mol. The molecule has 0 aromatic carbocycles. The van der Waals surface area contributed by atoms with E-state index in [0.29, 0.717) is 11.7 Å². The van der Waals surface area contributed by atoms with Gasteiger partial charge in [0.2, 0.25) is 0 Å². The van der Waals surface area contributed by atoms with Crippen LogP contribution in [0, 0.1) is 0 Å². The van der Waals surface area contributed by atoms with E-state index in [2.05, 4.69) is 37.4 Å². The van der Waals surface area contributed by atoms with Crippen molar-refractivity contribution >= 4 is 12.4 Å². The summed E-state index contributed by atoms with van der Waals surface area (Å²) in [4.78, 5) is 9.32. The molecule has 3 atom stereocenters. The second-order valence-electron chi connectivity index (χ2n) is 8.17. The molecule has 0 aliphatic heterocycles. The highest BCUT2D eigenvalue weighted by Crippen LogP contribution is 2.35. The molecule has 0 saturated heterocycles. The molecule has 27 heavy (non-hydrogen) atoms. The minimum atomic E-state index is -0.144. The van der Waals surface area contributed by atoms with Gasteiger partial charge in [0, 0.05) is 24.8 Å².